The first-order valence-electron chi connectivity index (χ1n) is 9.14. The normalized spacial score (nSPS) is 23.3. The number of alkyl halides is 3. The maximum atomic E-state index is 13.4. The van der Waals surface area contributed by atoms with E-state index >= 15 is 0 Å². The van der Waals surface area contributed by atoms with E-state index in [4.69, 9.17) is 4.74 Å². The van der Waals surface area contributed by atoms with E-state index in [1.807, 2.05) is 0 Å². The SMILES string of the molecule is CC1CCOC(c2cccc(S(C)(=O)=O)c2)C1S(=O)(=O)c1cccc(C(F)(F)F)c1. The van der Waals surface area contributed by atoms with E-state index in [1.54, 1.807) is 13.0 Å². The maximum absolute atomic E-state index is 13.4. The summed E-state index contributed by atoms with van der Waals surface area (Å²) in [5.74, 6) is -0.412. The van der Waals surface area contributed by atoms with E-state index in [0.717, 1.165) is 24.5 Å². The maximum Gasteiger partial charge on any atom is 0.416 e. The molecule has 1 aliphatic rings. The van der Waals surface area contributed by atoms with Crippen LogP contribution in [-0.2, 0) is 30.6 Å². The molecule has 1 fully saturated rings. The summed E-state index contributed by atoms with van der Waals surface area (Å²) in [5.41, 5.74) is -0.700. The van der Waals surface area contributed by atoms with Crippen molar-refractivity contribution in [2.45, 2.75) is 40.7 Å². The van der Waals surface area contributed by atoms with Crippen LogP contribution in [0.1, 0.15) is 30.6 Å². The molecule has 1 aliphatic heterocycles. The van der Waals surface area contributed by atoms with Crippen LogP contribution in [0, 0.1) is 5.92 Å². The van der Waals surface area contributed by atoms with Gasteiger partial charge in [-0.25, -0.2) is 16.8 Å². The van der Waals surface area contributed by atoms with Crippen LogP contribution in [0.2, 0.25) is 0 Å². The first-order valence-corrected chi connectivity index (χ1v) is 12.6. The van der Waals surface area contributed by atoms with Gasteiger partial charge in [-0.1, -0.05) is 25.1 Å². The van der Waals surface area contributed by atoms with Gasteiger partial charge < -0.3 is 4.74 Å². The quantitative estimate of drug-likeness (QED) is 0.685. The average Bonchev–Trinajstić information content (AvgIpc) is 2.66. The van der Waals surface area contributed by atoms with Gasteiger partial charge in [-0.05, 0) is 48.2 Å². The average molecular weight is 463 g/mol. The number of hydrogen-bond acceptors (Lipinski definition) is 5. The fraction of sp³-hybridized carbons (Fsp3) is 0.400. The third-order valence-corrected chi connectivity index (χ3v) is 8.64. The van der Waals surface area contributed by atoms with Gasteiger partial charge in [0.15, 0.2) is 19.7 Å². The lowest BCUT2D eigenvalue weighted by atomic mass is 9.93. The van der Waals surface area contributed by atoms with Crippen LogP contribution < -0.4 is 0 Å². The van der Waals surface area contributed by atoms with Crippen LogP contribution in [0.5, 0.6) is 0 Å². The van der Waals surface area contributed by atoms with Crippen LogP contribution in [0.25, 0.3) is 0 Å². The van der Waals surface area contributed by atoms with Gasteiger partial charge in [-0.3, -0.25) is 0 Å². The molecule has 5 nitrogen and oxygen atoms in total. The van der Waals surface area contributed by atoms with Crippen molar-refractivity contribution in [2.24, 2.45) is 5.92 Å². The van der Waals surface area contributed by atoms with E-state index in [9.17, 15) is 30.0 Å². The molecule has 0 aromatic heterocycles. The van der Waals surface area contributed by atoms with Crippen molar-refractivity contribution in [3.63, 3.8) is 0 Å². The summed E-state index contributed by atoms with van der Waals surface area (Å²) in [6.07, 6.45) is -4.24. The van der Waals surface area contributed by atoms with E-state index in [-0.39, 0.29) is 11.5 Å². The van der Waals surface area contributed by atoms with Crippen molar-refractivity contribution in [3.8, 4) is 0 Å². The minimum atomic E-state index is -4.68. The molecule has 2 aromatic carbocycles. The molecule has 1 heterocycles. The highest BCUT2D eigenvalue weighted by Crippen LogP contribution is 2.40. The molecule has 0 N–H and O–H groups in total. The molecule has 10 heteroatoms. The Kier molecular flexibility index (Phi) is 6.05. The molecule has 0 spiro atoms. The number of ether oxygens (including phenoxy) is 1. The second-order valence-electron chi connectivity index (χ2n) is 7.44. The number of hydrogen-bond donors (Lipinski definition) is 0. The first kappa shape index (κ1) is 22.8. The fourth-order valence-corrected chi connectivity index (χ4v) is 6.48. The van der Waals surface area contributed by atoms with E-state index in [0.29, 0.717) is 18.1 Å². The number of benzene rings is 2. The Bertz CT molecular complexity index is 1140. The molecule has 3 atom stereocenters. The summed E-state index contributed by atoms with van der Waals surface area (Å²) in [6, 6.07) is 9.43. The molecule has 2 aromatic rings. The summed E-state index contributed by atoms with van der Waals surface area (Å²) < 4.78 is 95.6. The van der Waals surface area contributed by atoms with Gasteiger partial charge in [0.05, 0.1) is 26.7 Å². The molecule has 0 saturated carbocycles. The molecular formula is C20H21F3O5S2. The van der Waals surface area contributed by atoms with Gasteiger partial charge in [0, 0.05) is 12.9 Å². The molecule has 3 rings (SSSR count). The summed E-state index contributed by atoms with van der Waals surface area (Å²) >= 11 is 0. The highest BCUT2D eigenvalue weighted by molar-refractivity contribution is 7.92. The molecule has 0 radical (unpaired) electrons. The topological polar surface area (TPSA) is 77.5 Å². The molecule has 0 bridgehead atoms. The summed E-state index contributed by atoms with van der Waals surface area (Å²) in [6.45, 7) is 1.95. The third-order valence-electron chi connectivity index (χ3n) is 5.19. The van der Waals surface area contributed by atoms with Gasteiger partial charge in [0.2, 0.25) is 0 Å². The van der Waals surface area contributed by atoms with Crippen molar-refractivity contribution in [3.05, 3.63) is 59.7 Å². The Morgan fingerprint density at radius 1 is 0.967 bits per heavy atom. The minimum absolute atomic E-state index is 0.0112. The van der Waals surface area contributed by atoms with Crippen LogP contribution in [-0.4, -0.2) is 34.9 Å². The lowest BCUT2D eigenvalue weighted by Gasteiger charge is -2.36. The molecule has 0 amide bonds. The van der Waals surface area contributed by atoms with Crippen molar-refractivity contribution in [2.75, 3.05) is 12.9 Å². The van der Waals surface area contributed by atoms with Crippen LogP contribution in [0.15, 0.2) is 58.3 Å². The van der Waals surface area contributed by atoms with Crippen LogP contribution in [0.4, 0.5) is 13.2 Å². The first-order chi connectivity index (χ1) is 13.8. The van der Waals surface area contributed by atoms with Crippen molar-refractivity contribution < 1.29 is 34.7 Å². The number of halogens is 3. The lowest BCUT2D eigenvalue weighted by molar-refractivity contribution is -0.137. The second-order valence-corrected chi connectivity index (χ2v) is 11.6. The Morgan fingerprint density at radius 3 is 2.23 bits per heavy atom. The third kappa shape index (κ3) is 4.55. The Hall–Kier alpha value is -1.91. The largest absolute Gasteiger partial charge is 0.416 e. The van der Waals surface area contributed by atoms with Gasteiger partial charge in [-0.15, -0.1) is 0 Å². The molecule has 0 aliphatic carbocycles. The highest BCUT2D eigenvalue weighted by atomic mass is 32.2. The number of sulfone groups is 2. The fourth-order valence-electron chi connectivity index (χ4n) is 3.62. The summed E-state index contributed by atoms with van der Waals surface area (Å²) in [4.78, 5) is -0.430. The second kappa shape index (κ2) is 7.97. The standard InChI is InChI=1S/C20H21F3O5S2/c1-13-9-10-28-18(14-5-3-7-16(11-14)29(2,24)25)19(13)30(26,27)17-8-4-6-15(12-17)20(21,22)23/h3-8,11-13,18-19H,9-10H2,1-2H3. The van der Waals surface area contributed by atoms with Gasteiger partial charge in [-0.2, -0.15) is 13.2 Å². The number of rotatable bonds is 4. The zero-order chi connectivity index (χ0) is 22.3. The lowest BCUT2D eigenvalue weighted by Crippen LogP contribution is -2.40. The molecule has 30 heavy (non-hydrogen) atoms. The molecule has 1 saturated heterocycles. The zero-order valence-electron chi connectivity index (χ0n) is 16.3. The summed E-state index contributed by atoms with van der Waals surface area (Å²) in [7, 11) is -7.75. The Labute approximate surface area is 173 Å². The molecular weight excluding hydrogens is 441 g/mol. The van der Waals surface area contributed by atoms with Gasteiger partial charge >= 0.3 is 6.18 Å². The molecule has 164 valence electrons. The smallest absolute Gasteiger partial charge is 0.372 e. The van der Waals surface area contributed by atoms with Crippen LogP contribution >= 0.6 is 0 Å². The van der Waals surface area contributed by atoms with E-state index in [1.165, 1.54) is 18.2 Å². The predicted octanol–water partition coefficient (Wildman–Crippen LogP) is 4.05. The predicted molar refractivity (Wildman–Crippen MR) is 104 cm³/mol. The minimum Gasteiger partial charge on any atom is -0.372 e. The van der Waals surface area contributed by atoms with Crippen molar-refractivity contribution in [1.29, 1.82) is 0 Å². The summed E-state index contributed by atoms with van der Waals surface area (Å²) in [5, 5.41) is -1.16. The Morgan fingerprint density at radius 2 is 1.60 bits per heavy atom. The van der Waals surface area contributed by atoms with Gasteiger partial charge in [0.25, 0.3) is 0 Å². The van der Waals surface area contributed by atoms with Crippen molar-refractivity contribution in [1.82, 2.24) is 0 Å². The Balaban J connectivity index is 2.10. The zero-order valence-corrected chi connectivity index (χ0v) is 17.9. The van der Waals surface area contributed by atoms with Crippen LogP contribution in [0.3, 0.4) is 0 Å². The van der Waals surface area contributed by atoms with E-state index in [2.05, 4.69) is 0 Å². The molecule has 3 unspecified atom stereocenters. The monoisotopic (exact) mass is 462 g/mol. The van der Waals surface area contributed by atoms with E-state index < -0.39 is 53.6 Å². The highest BCUT2D eigenvalue weighted by Gasteiger charge is 2.43. The van der Waals surface area contributed by atoms with Crippen molar-refractivity contribution >= 4 is 19.7 Å². The van der Waals surface area contributed by atoms with Gasteiger partial charge in [0.1, 0.15) is 0 Å².